The summed E-state index contributed by atoms with van der Waals surface area (Å²) in [7, 11) is 3.10. The Hall–Kier alpha value is -3.42. The van der Waals surface area contributed by atoms with Gasteiger partial charge in [-0.15, -0.1) is 0 Å². The van der Waals surface area contributed by atoms with Gasteiger partial charge >= 0.3 is 0 Å². The van der Waals surface area contributed by atoms with E-state index in [2.05, 4.69) is 24.8 Å². The van der Waals surface area contributed by atoms with Crippen LogP contribution in [0, 0.1) is 6.92 Å². The number of aromatic nitrogens is 3. The number of aromatic amines is 1. The van der Waals surface area contributed by atoms with Gasteiger partial charge < -0.3 is 14.4 Å². The first kappa shape index (κ1) is 19.9. The predicted octanol–water partition coefficient (Wildman–Crippen LogP) is 3.38. The van der Waals surface area contributed by atoms with Gasteiger partial charge in [-0.2, -0.15) is 0 Å². The summed E-state index contributed by atoms with van der Waals surface area (Å²) in [6.07, 6.45) is 4.21. The minimum absolute atomic E-state index is 0.227. The predicted molar refractivity (Wildman–Crippen MR) is 118 cm³/mol. The highest BCUT2D eigenvalue weighted by Crippen LogP contribution is 2.35. The standard InChI is InChI=1S/C22H25N5O3/c1-13-19-17(12-18(29-3)20(13)30-4)25-22(26-21(19)28)24-14(2)16-11-15(7-8-23-16)27-9-5-6-10-27/h7-8,11-12H,5-6,9-10H2,1-4H3,(H,25,26,28). The third-order valence-electron chi connectivity index (χ3n) is 5.43. The molecule has 156 valence electrons. The van der Waals surface area contributed by atoms with Crippen molar-refractivity contribution >= 4 is 28.3 Å². The van der Waals surface area contributed by atoms with Crippen LogP contribution in [0.3, 0.4) is 0 Å². The van der Waals surface area contributed by atoms with Crippen molar-refractivity contribution < 1.29 is 9.47 Å². The number of pyridine rings is 1. The van der Waals surface area contributed by atoms with E-state index in [1.807, 2.05) is 26.0 Å². The van der Waals surface area contributed by atoms with E-state index in [4.69, 9.17) is 9.47 Å². The lowest BCUT2D eigenvalue weighted by molar-refractivity contribution is 0.354. The average Bonchev–Trinajstić information content (AvgIpc) is 3.28. The zero-order valence-corrected chi connectivity index (χ0v) is 17.7. The average molecular weight is 407 g/mol. The van der Waals surface area contributed by atoms with Gasteiger partial charge in [0.2, 0.25) is 5.95 Å². The lowest BCUT2D eigenvalue weighted by Gasteiger charge is -2.17. The molecule has 1 fully saturated rings. The quantitative estimate of drug-likeness (QED) is 0.652. The second-order valence-corrected chi connectivity index (χ2v) is 7.31. The highest BCUT2D eigenvalue weighted by Gasteiger charge is 2.17. The highest BCUT2D eigenvalue weighted by atomic mass is 16.5. The van der Waals surface area contributed by atoms with E-state index in [9.17, 15) is 4.79 Å². The maximum atomic E-state index is 12.8. The van der Waals surface area contributed by atoms with Crippen LogP contribution in [0.4, 0.5) is 11.6 Å². The number of anilines is 1. The molecule has 1 aliphatic rings. The zero-order valence-electron chi connectivity index (χ0n) is 17.7. The smallest absolute Gasteiger partial charge is 0.260 e. The molecule has 0 saturated carbocycles. The number of fused-ring (bicyclic) bond motifs is 1. The lowest BCUT2D eigenvalue weighted by atomic mass is 10.1. The van der Waals surface area contributed by atoms with Crippen molar-refractivity contribution in [2.24, 2.45) is 4.99 Å². The Labute approximate surface area is 174 Å². The number of benzene rings is 1. The molecule has 3 heterocycles. The second-order valence-electron chi connectivity index (χ2n) is 7.31. The molecule has 0 amide bonds. The van der Waals surface area contributed by atoms with Crippen molar-refractivity contribution in [2.75, 3.05) is 32.2 Å². The SMILES string of the molecule is COc1cc2nc(N=C(C)c3cc(N4CCCC4)ccn3)[nH]c(=O)c2c(C)c1OC. The number of nitrogens with one attached hydrogen (secondary N) is 1. The van der Waals surface area contributed by atoms with Gasteiger partial charge in [0, 0.05) is 36.6 Å². The number of aliphatic imine (C=N–C) groups is 1. The van der Waals surface area contributed by atoms with Crippen LogP contribution >= 0.6 is 0 Å². The van der Waals surface area contributed by atoms with Crippen molar-refractivity contribution in [2.45, 2.75) is 26.7 Å². The summed E-state index contributed by atoms with van der Waals surface area (Å²) in [6.45, 7) is 5.79. The molecule has 1 N–H and O–H groups in total. The number of hydrogen-bond acceptors (Lipinski definition) is 7. The molecule has 3 aromatic rings. The van der Waals surface area contributed by atoms with Gasteiger partial charge in [-0.1, -0.05) is 0 Å². The Morgan fingerprint density at radius 2 is 1.97 bits per heavy atom. The number of rotatable bonds is 5. The number of methoxy groups -OCH3 is 2. The zero-order chi connectivity index (χ0) is 21.3. The summed E-state index contributed by atoms with van der Waals surface area (Å²) in [5, 5.41) is 0.457. The van der Waals surface area contributed by atoms with Crippen molar-refractivity contribution in [3.05, 3.63) is 46.0 Å². The number of ether oxygens (including phenoxy) is 2. The molecule has 30 heavy (non-hydrogen) atoms. The maximum Gasteiger partial charge on any atom is 0.260 e. The van der Waals surface area contributed by atoms with E-state index < -0.39 is 0 Å². The van der Waals surface area contributed by atoms with E-state index in [1.165, 1.54) is 12.8 Å². The van der Waals surface area contributed by atoms with Crippen LogP contribution in [-0.4, -0.2) is 48.0 Å². The Morgan fingerprint density at radius 1 is 1.20 bits per heavy atom. The summed E-state index contributed by atoms with van der Waals surface area (Å²) < 4.78 is 10.8. The van der Waals surface area contributed by atoms with E-state index in [0.717, 1.165) is 24.5 Å². The Kier molecular flexibility index (Phi) is 5.39. The molecule has 8 heteroatoms. The van der Waals surface area contributed by atoms with Gasteiger partial charge in [0.15, 0.2) is 11.5 Å². The Balaban J connectivity index is 1.75. The fraction of sp³-hybridized carbons (Fsp3) is 0.364. The largest absolute Gasteiger partial charge is 0.493 e. The van der Waals surface area contributed by atoms with Crippen LogP contribution in [0.5, 0.6) is 11.5 Å². The molecule has 0 aliphatic carbocycles. The summed E-state index contributed by atoms with van der Waals surface area (Å²) >= 11 is 0. The fourth-order valence-corrected chi connectivity index (χ4v) is 3.90. The maximum absolute atomic E-state index is 12.8. The highest BCUT2D eigenvalue weighted by molar-refractivity contribution is 5.99. The van der Waals surface area contributed by atoms with Gasteiger partial charge in [0.05, 0.1) is 36.5 Å². The van der Waals surface area contributed by atoms with Crippen LogP contribution in [0.2, 0.25) is 0 Å². The molecule has 0 bridgehead atoms. The molecule has 1 aromatic carbocycles. The number of nitrogens with zero attached hydrogens (tertiary/aromatic N) is 4. The molecule has 0 atom stereocenters. The second kappa shape index (κ2) is 8.14. The van der Waals surface area contributed by atoms with Crippen molar-refractivity contribution in [3.63, 3.8) is 0 Å². The van der Waals surface area contributed by atoms with Crippen molar-refractivity contribution in [1.29, 1.82) is 0 Å². The molecule has 2 aromatic heterocycles. The summed E-state index contributed by atoms with van der Waals surface area (Å²) in [6, 6.07) is 5.74. The molecule has 8 nitrogen and oxygen atoms in total. The first-order valence-electron chi connectivity index (χ1n) is 9.94. The fourth-order valence-electron chi connectivity index (χ4n) is 3.90. The van der Waals surface area contributed by atoms with Crippen LogP contribution in [0.1, 0.15) is 31.0 Å². The van der Waals surface area contributed by atoms with E-state index in [0.29, 0.717) is 33.7 Å². The minimum atomic E-state index is -0.274. The van der Waals surface area contributed by atoms with Crippen molar-refractivity contribution in [3.8, 4) is 11.5 Å². The Morgan fingerprint density at radius 3 is 2.67 bits per heavy atom. The van der Waals surface area contributed by atoms with E-state index in [-0.39, 0.29) is 11.5 Å². The molecular formula is C22H25N5O3. The molecule has 4 rings (SSSR count). The van der Waals surface area contributed by atoms with Gasteiger partial charge in [0.1, 0.15) is 0 Å². The van der Waals surface area contributed by atoms with Crippen LogP contribution < -0.4 is 19.9 Å². The number of aryl methyl sites for hydroxylation is 1. The molecule has 0 spiro atoms. The third-order valence-corrected chi connectivity index (χ3v) is 5.43. The topological polar surface area (TPSA) is 92.7 Å². The minimum Gasteiger partial charge on any atom is -0.493 e. The molecular weight excluding hydrogens is 382 g/mol. The van der Waals surface area contributed by atoms with Crippen LogP contribution in [-0.2, 0) is 0 Å². The van der Waals surface area contributed by atoms with Gasteiger partial charge in [-0.3, -0.25) is 14.8 Å². The normalized spacial score (nSPS) is 14.4. The van der Waals surface area contributed by atoms with Crippen LogP contribution in [0.25, 0.3) is 10.9 Å². The Bertz CT molecular complexity index is 1180. The van der Waals surface area contributed by atoms with Crippen molar-refractivity contribution in [1.82, 2.24) is 15.0 Å². The van der Waals surface area contributed by atoms with E-state index in [1.54, 1.807) is 26.5 Å². The van der Waals surface area contributed by atoms with Gasteiger partial charge in [-0.05, 0) is 38.8 Å². The summed E-state index contributed by atoms with van der Waals surface area (Å²) in [5.41, 5.74) is 3.47. The van der Waals surface area contributed by atoms with Gasteiger partial charge in [0.25, 0.3) is 5.56 Å². The third kappa shape index (κ3) is 3.60. The molecule has 0 radical (unpaired) electrons. The number of H-pyrrole nitrogens is 1. The summed E-state index contributed by atoms with van der Waals surface area (Å²) in [4.78, 5) is 31.4. The summed E-state index contributed by atoms with van der Waals surface area (Å²) in [5.74, 6) is 1.27. The lowest BCUT2D eigenvalue weighted by Crippen LogP contribution is -2.18. The molecule has 1 aliphatic heterocycles. The monoisotopic (exact) mass is 407 g/mol. The van der Waals surface area contributed by atoms with E-state index >= 15 is 0 Å². The van der Waals surface area contributed by atoms with Crippen LogP contribution in [0.15, 0.2) is 34.2 Å². The molecule has 0 unspecified atom stereocenters. The number of hydrogen-bond donors (Lipinski definition) is 1. The molecule has 1 saturated heterocycles. The van der Waals surface area contributed by atoms with Gasteiger partial charge in [-0.25, -0.2) is 9.98 Å². The first-order chi connectivity index (χ1) is 14.5. The first-order valence-corrected chi connectivity index (χ1v) is 9.94.